The molecule has 1 heterocycles. The molecule has 1 aromatic rings. The predicted octanol–water partition coefficient (Wildman–Crippen LogP) is 4.26. The van der Waals surface area contributed by atoms with Gasteiger partial charge in [0, 0.05) is 12.0 Å². The van der Waals surface area contributed by atoms with Crippen LogP contribution >= 0.6 is 22.6 Å². The fourth-order valence-electron chi connectivity index (χ4n) is 2.79. The molecule has 1 aliphatic carbocycles. The molecule has 3 atom stereocenters. The van der Waals surface area contributed by atoms with E-state index in [0.29, 0.717) is 16.8 Å². The maximum atomic E-state index is 13.7. The van der Waals surface area contributed by atoms with Gasteiger partial charge in [0.1, 0.15) is 21.4 Å². The molecule has 0 N–H and O–H groups in total. The van der Waals surface area contributed by atoms with E-state index in [0.717, 1.165) is 6.07 Å². The number of amides is 1. The number of allylic oxidation sites excluding steroid dienone is 4. The molecule has 114 valence electrons. The van der Waals surface area contributed by atoms with E-state index in [2.05, 4.69) is 4.99 Å². The highest BCUT2D eigenvalue weighted by Gasteiger charge is 2.40. The Balaban J connectivity index is 2.17. The van der Waals surface area contributed by atoms with Crippen LogP contribution in [0, 0.1) is 17.6 Å². The van der Waals surface area contributed by atoms with Crippen molar-refractivity contribution in [1.82, 2.24) is 0 Å². The van der Waals surface area contributed by atoms with Crippen LogP contribution in [0.15, 0.2) is 46.7 Å². The van der Waals surface area contributed by atoms with Crippen molar-refractivity contribution < 1.29 is 18.0 Å². The molecule has 3 rings (SSSR count). The fourth-order valence-corrected chi connectivity index (χ4v) is 3.73. The molecule has 0 spiro atoms. The maximum Gasteiger partial charge on any atom is 0.259 e. The summed E-state index contributed by atoms with van der Waals surface area (Å²) in [5, 5.41) is 0. The molecule has 1 aromatic carbocycles. The van der Waals surface area contributed by atoms with Crippen LogP contribution in [0.4, 0.5) is 13.2 Å². The monoisotopic (exact) mass is 417 g/mol. The Morgan fingerprint density at radius 2 is 1.73 bits per heavy atom. The average Bonchev–Trinajstić information content (AvgIpc) is 2.44. The minimum atomic E-state index is -0.707. The van der Waals surface area contributed by atoms with E-state index in [4.69, 9.17) is 0 Å². The second-order valence-electron chi connectivity index (χ2n) is 5.31. The number of carbonyl (C=O) groups excluding carboxylic acids is 1. The van der Waals surface area contributed by atoms with E-state index in [1.54, 1.807) is 13.0 Å². The second kappa shape index (κ2) is 5.64. The van der Waals surface area contributed by atoms with Crippen LogP contribution in [0.1, 0.15) is 18.4 Å². The van der Waals surface area contributed by atoms with Gasteiger partial charge in [-0.25, -0.2) is 18.2 Å². The minimum Gasteiger partial charge on any atom is -0.271 e. The molecule has 0 saturated heterocycles. The first kappa shape index (κ1) is 15.5. The van der Waals surface area contributed by atoms with Crippen LogP contribution in [-0.4, -0.2) is 15.5 Å². The van der Waals surface area contributed by atoms with Gasteiger partial charge < -0.3 is 0 Å². The zero-order chi connectivity index (χ0) is 16.0. The Bertz CT molecular complexity index is 734. The largest absolute Gasteiger partial charge is 0.271 e. The standard InChI is InChI=1S/C16H11F3INO/c1-7-12(19)3-2-11-13(14(20)16(22)21-15(7)11)8-4-9(17)6-10(18)5-8/h2-7,13-14H,1H3/t7?,13-,14?/m1/s1. The molecule has 1 aliphatic heterocycles. The number of fused-ring (bicyclic) bond motifs is 1. The summed E-state index contributed by atoms with van der Waals surface area (Å²) in [7, 11) is 0. The van der Waals surface area contributed by atoms with E-state index in [1.807, 2.05) is 22.6 Å². The fraction of sp³-hybridized carbons (Fsp3) is 0.250. The highest BCUT2D eigenvalue weighted by molar-refractivity contribution is 14.1. The van der Waals surface area contributed by atoms with Crippen molar-refractivity contribution in [2.24, 2.45) is 10.9 Å². The van der Waals surface area contributed by atoms with Gasteiger partial charge in [-0.1, -0.05) is 35.6 Å². The van der Waals surface area contributed by atoms with Crippen molar-refractivity contribution in [1.29, 1.82) is 0 Å². The summed E-state index contributed by atoms with van der Waals surface area (Å²) in [6.45, 7) is 1.61. The summed E-state index contributed by atoms with van der Waals surface area (Å²) in [6.07, 6.45) is 2.86. The highest BCUT2D eigenvalue weighted by atomic mass is 127. The third-order valence-corrected chi connectivity index (χ3v) is 5.13. The number of hydrogen-bond acceptors (Lipinski definition) is 1. The topological polar surface area (TPSA) is 29.4 Å². The Kier molecular flexibility index (Phi) is 3.96. The van der Waals surface area contributed by atoms with Crippen LogP contribution in [0.25, 0.3) is 0 Å². The number of aliphatic imine (C=N–C) groups is 1. The summed E-state index contributed by atoms with van der Waals surface area (Å²) in [6, 6.07) is 3.19. The normalized spacial score (nSPS) is 27.8. The summed E-state index contributed by atoms with van der Waals surface area (Å²) >= 11 is 1.92. The van der Waals surface area contributed by atoms with Crippen molar-refractivity contribution in [2.75, 3.05) is 0 Å². The highest BCUT2D eigenvalue weighted by Crippen LogP contribution is 2.42. The van der Waals surface area contributed by atoms with E-state index in [9.17, 15) is 18.0 Å². The van der Waals surface area contributed by atoms with E-state index in [-0.39, 0.29) is 5.83 Å². The van der Waals surface area contributed by atoms with Crippen LogP contribution < -0.4 is 0 Å². The molecule has 2 nitrogen and oxygen atoms in total. The van der Waals surface area contributed by atoms with Gasteiger partial charge in [-0.05, 0) is 29.3 Å². The van der Waals surface area contributed by atoms with Gasteiger partial charge in [0.15, 0.2) is 0 Å². The Morgan fingerprint density at radius 1 is 1.09 bits per heavy atom. The second-order valence-corrected chi connectivity index (χ2v) is 6.65. The summed E-state index contributed by atoms with van der Waals surface area (Å²) in [5.74, 6) is -3.38. The lowest BCUT2D eigenvalue weighted by Crippen LogP contribution is -2.35. The summed E-state index contributed by atoms with van der Waals surface area (Å²) < 4.78 is 40.2. The van der Waals surface area contributed by atoms with Crippen molar-refractivity contribution >= 4 is 34.2 Å². The average molecular weight is 417 g/mol. The van der Waals surface area contributed by atoms with Crippen LogP contribution in [0.3, 0.4) is 0 Å². The molecule has 22 heavy (non-hydrogen) atoms. The predicted molar refractivity (Wildman–Crippen MR) is 85.8 cm³/mol. The first-order valence-electron chi connectivity index (χ1n) is 6.68. The van der Waals surface area contributed by atoms with Crippen LogP contribution in [-0.2, 0) is 4.79 Å². The lowest BCUT2D eigenvalue weighted by molar-refractivity contribution is -0.117. The Labute approximate surface area is 139 Å². The molecule has 0 bridgehead atoms. The number of hydrogen-bond donors (Lipinski definition) is 0. The molecule has 0 aromatic heterocycles. The van der Waals surface area contributed by atoms with Crippen LogP contribution in [0.5, 0.6) is 0 Å². The maximum absolute atomic E-state index is 13.7. The van der Waals surface area contributed by atoms with Gasteiger partial charge in [0.2, 0.25) is 0 Å². The molecule has 0 radical (unpaired) electrons. The van der Waals surface area contributed by atoms with Crippen molar-refractivity contribution in [3.63, 3.8) is 0 Å². The third kappa shape index (κ3) is 2.53. The molecule has 2 unspecified atom stereocenters. The number of rotatable bonds is 1. The number of nitrogens with zero attached hydrogens (tertiary/aromatic N) is 1. The number of benzene rings is 1. The van der Waals surface area contributed by atoms with Crippen molar-refractivity contribution in [2.45, 2.75) is 16.8 Å². The van der Waals surface area contributed by atoms with Gasteiger partial charge in [0.25, 0.3) is 5.91 Å². The quantitative estimate of drug-likeness (QED) is 0.496. The molecule has 1 amide bonds. The lowest BCUT2D eigenvalue weighted by Gasteiger charge is -2.32. The van der Waals surface area contributed by atoms with Crippen molar-refractivity contribution in [3.05, 3.63) is 58.9 Å². The van der Waals surface area contributed by atoms with Gasteiger partial charge in [-0.3, -0.25) is 4.79 Å². The van der Waals surface area contributed by atoms with E-state index in [1.165, 1.54) is 18.2 Å². The molecular formula is C16H11F3INO. The Morgan fingerprint density at radius 3 is 2.36 bits per heavy atom. The van der Waals surface area contributed by atoms with E-state index < -0.39 is 33.3 Å². The third-order valence-electron chi connectivity index (χ3n) is 3.88. The number of alkyl halides is 1. The minimum absolute atomic E-state index is 0.340. The molecular weight excluding hydrogens is 406 g/mol. The SMILES string of the molecule is CC1C(F)=CC=C2C1=NC(=O)C(I)[C@@H]2c1cc(F)cc(F)c1. The van der Waals surface area contributed by atoms with Crippen molar-refractivity contribution in [3.8, 4) is 0 Å². The zero-order valence-electron chi connectivity index (χ0n) is 11.5. The molecule has 0 fully saturated rings. The number of halogens is 4. The molecule has 2 aliphatic rings. The van der Waals surface area contributed by atoms with Crippen LogP contribution in [0.2, 0.25) is 0 Å². The Hall–Kier alpha value is -1.44. The zero-order valence-corrected chi connectivity index (χ0v) is 13.6. The first-order valence-corrected chi connectivity index (χ1v) is 7.93. The molecule has 6 heteroatoms. The summed E-state index contributed by atoms with van der Waals surface area (Å²) in [5.41, 5.74) is 1.33. The smallest absolute Gasteiger partial charge is 0.259 e. The van der Waals surface area contributed by atoms with Gasteiger partial charge >= 0.3 is 0 Å². The first-order chi connectivity index (χ1) is 10.4. The van der Waals surface area contributed by atoms with Gasteiger partial charge in [0.05, 0.1) is 11.6 Å². The molecule has 0 saturated carbocycles. The van der Waals surface area contributed by atoms with Gasteiger partial charge in [-0.2, -0.15) is 0 Å². The van der Waals surface area contributed by atoms with E-state index >= 15 is 0 Å². The lowest BCUT2D eigenvalue weighted by atomic mass is 9.77. The van der Waals surface area contributed by atoms with Gasteiger partial charge in [-0.15, -0.1) is 0 Å². The number of carbonyl (C=O) groups is 1. The summed E-state index contributed by atoms with van der Waals surface area (Å²) in [4.78, 5) is 16.1.